The number of pyridine rings is 1. The van der Waals surface area contributed by atoms with Gasteiger partial charge >= 0.3 is 0 Å². The van der Waals surface area contributed by atoms with Gasteiger partial charge in [-0.3, -0.25) is 9.78 Å². The molecule has 1 saturated carbocycles. The second-order valence-electron chi connectivity index (χ2n) is 4.93. The summed E-state index contributed by atoms with van der Waals surface area (Å²) >= 11 is 0. The zero-order chi connectivity index (χ0) is 13.2. The van der Waals surface area contributed by atoms with Crippen LogP contribution in [0.5, 0.6) is 0 Å². The minimum absolute atomic E-state index is 0.132. The van der Waals surface area contributed by atoms with Gasteiger partial charge < -0.3 is 5.32 Å². The molecule has 0 aliphatic heterocycles. The average Bonchev–Trinajstić information content (AvgIpc) is 3.19. The van der Waals surface area contributed by atoms with E-state index in [4.69, 9.17) is 0 Å². The number of amides is 1. The molecule has 1 amide bonds. The number of hydrogen-bond acceptors (Lipinski definition) is 3. The van der Waals surface area contributed by atoms with Crippen LogP contribution in [-0.2, 0) is 0 Å². The predicted octanol–water partition coefficient (Wildman–Crippen LogP) is 2.50. The molecule has 1 aliphatic carbocycles. The highest BCUT2D eigenvalue weighted by molar-refractivity contribution is 6.03. The van der Waals surface area contributed by atoms with E-state index in [1.54, 1.807) is 30.7 Å². The molecule has 0 aromatic carbocycles. The number of carbonyl (C=O) groups excluding carboxylic acids is 1. The summed E-state index contributed by atoms with van der Waals surface area (Å²) in [4.78, 5) is 16.0. The van der Waals surface area contributed by atoms with Gasteiger partial charge in [0.05, 0.1) is 12.2 Å². The molecule has 2 aromatic heterocycles. The van der Waals surface area contributed by atoms with E-state index in [0.29, 0.717) is 17.5 Å². The summed E-state index contributed by atoms with van der Waals surface area (Å²) in [7, 11) is 0. The maximum absolute atomic E-state index is 12.1. The van der Waals surface area contributed by atoms with Gasteiger partial charge in [0.1, 0.15) is 5.82 Å². The number of nitrogens with zero attached hydrogens (tertiary/aromatic N) is 3. The lowest BCUT2D eigenvalue weighted by Crippen LogP contribution is -2.18. The minimum Gasteiger partial charge on any atom is -0.307 e. The standard InChI is InChI=1S/C14H16N4O/c1-10(11-2-3-11)18-13(6-9-16-18)17-14(19)12-4-7-15-8-5-12/h4-11H,2-3H2,1H3,(H,17,19). The van der Waals surface area contributed by atoms with Crippen LogP contribution in [0.1, 0.15) is 36.2 Å². The quantitative estimate of drug-likeness (QED) is 0.914. The fraction of sp³-hybridized carbons (Fsp3) is 0.357. The van der Waals surface area contributed by atoms with Crippen molar-refractivity contribution in [1.29, 1.82) is 0 Å². The molecule has 3 rings (SSSR count). The number of nitrogens with one attached hydrogen (secondary N) is 1. The van der Waals surface area contributed by atoms with E-state index in [9.17, 15) is 4.79 Å². The summed E-state index contributed by atoms with van der Waals surface area (Å²) < 4.78 is 1.90. The Morgan fingerprint density at radius 3 is 2.74 bits per heavy atom. The zero-order valence-electron chi connectivity index (χ0n) is 10.8. The fourth-order valence-electron chi connectivity index (χ4n) is 2.21. The normalized spacial score (nSPS) is 16.1. The van der Waals surface area contributed by atoms with Crippen molar-refractivity contribution in [2.45, 2.75) is 25.8 Å². The Kier molecular flexibility index (Phi) is 3.03. The van der Waals surface area contributed by atoms with Gasteiger partial charge in [0.15, 0.2) is 0 Å². The topological polar surface area (TPSA) is 59.8 Å². The smallest absolute Gasteiger partial charge is 0.256 e. The Hall–Kier alpha value is -2.17. The van der Waals surface area contributed by atoms with E-state index in [2.05, 4.69) is 22.3 Å². The molecule has 1 aliphatic rings. The van der Waals surface area contributed by atoms with Crippen LogP contribution in [-0.4, -0.2) is 20.7 Å². The van der Waals surface area contributed by atoms with Crippen molar-refractivity contribution >= 4 is 11.7 Å². The van der Waals surface area contributed by atoms with Gasteiger partial charge in [0.2, 0.25) is 0 Å². The highest BCUT2D eigenvalue weighted by Crippen LogP contribution is 2.40. The molecule has 1 N–H and O–H groups in total. The van der Waals surface area contributed by atoms with Gasteiger partial charge in [-0.25, -0.2) is 4.68 Å². The third kappa shape index (κ3) is 2.50. The Morgan fingerprint density at radius 2 is 2.05 bits per heavy atom. The number of anilines is 1. The van der Waals surface area contributed by atoms with Gasteiger partial charge in [-0.15, -0.1) is 0 Å². The van der Waals surface area contributed by atoms with Gasteiger partial charge in [0, 0.05) is 24.0 Å². The van der Waals surface area contributed by atoms with Crippen molar-refractivity contribution < 1.29 is 4.79 Å². The summed E-state index contributed by atoms with van der Waals surface area (Å²) in [5, 5.41) is 7.22. The van der Waals surface area contributed by atoms with Crippen molar-refractivity contribution in [2.75, 3.05) is 5.32 Å². The first kappa shape index (κ1) is 11.9. The molecule has 98 valence electrons. The Morgan fingerprint density at radius 1 is 1.32 bits per heavy atom. The van der Waals surface area contributed by atoms with Crippen LogP contribution in [0.2, 0.25) is 0 Å². The zero-order valence-corrected chi connectivity index (χ0v) is 10.8. The summed E-state index contributed by atoms with van der Waals surface area (Å²) in [5.41, 5.74) is 0.599. The second kappa shape index (κ2) is 4.84. The fourth-order valence-corrected chi connectivity index (χ4v) is 2.21. The molecular weight excluding hydrogens is 240 g/mol. The van der Waals surface area contributed by atoms with E-state index < -0.39 is 0 Å². The lowest BCUT2D eigenvalue weighted by atomic mass is 10.2. The van der Waals surface area contributed by atoms with Crippen LogP contribution < -0.4 is 5.32 Å². The molecule has 0 spiro atoms. The Labute approximate surface area is 111 Å². The maximum atomic E-state index is 12.1. The predicted molar refractivity (Wildman–Crippen MR) is 71.9 cm³/mol. The third-order valence-electron chi connectivity index (χ3n) is 3.54. The molecule has 1 atom stereocenters. The van der Waals surface area contributed by atoms with E-state index in [-0.39, 0.29) is 5.91 Å². The number of aromatic nitrogens is 3. The average molecular weight is 256 g/mol. The van der Waals surface area contributed by atoms with Gasteiger partial charge in [-0.1, -0.05) is 0 Å². The van der Waals surface area contributed by atoms with Crippen LogP contribution in [0.15, 0.2) is 36.8 Å². The van der Waals surface area contributed by atoms with Crippen LogP contribution >= 0.6 is 0 Å². The van der Waals surface area contributed by atoms with Crippen LogP contribution in [0, 0.1) is 5.92 Å². The van der Waals surface area contributed by atoms with Crippen LogP contribution in [0.4, 0.5) is 5.82 Å². The van der Waals surface area contributed by atoms with Crippen molar-refractivity contribution in [3.63, 3.8) is 0 Å². The van der Waals surface area contributed by atoms with Gasteiger partial charge in [-0.05, 0) is 37.8 Å². The molecule has 5 nitrogen and oxygen atoms in total. The largest absolute Gasteiger partial charge is 0.307 e. The molecule has 2 heterocycles. The van der Waals surface area contributed by atoms with E-state index in [0.717, 1.165) is 5.82 Å². The van der Waals surface area contributed by atoms with Crippen molar-refractivity contribution in [3.05, 3.63) is 42.4 Å². The Balaban J connectivity index is 1.77. The van der Waals surface area contributed by atoms with Crippen molar-refractivity contribution in [3.8, 4) is 0 Å². The van der Waals surface area contributed by atoms with Gasteiger partial charge in [-0.2, -0.15) is 5.10 Å². The molecule has 0 radical (unpaired) electrons. The minimum atomic E-state index is -0.132. The van der Waals surface area contributed by atoms with E-state index in [1.165, 1.54) is 12.8 Å². The van der Waals surface area contributed by atoms with E-state index >= 15 is 0 Å². The molecule has 1 unspecified atom stereocenters. The van der Waals surface area contributed by atoms with Crippen LogP contribution in [0.3, 0.4) is 0 Å². The molecule has 1 fully saturated rings. The first-order valence-electron chi connectivity index (χ1n) is 6.50. The number of hydrogen-bond donors (Lipinski definition) is 1. The second-order valence-corrected chi connectivity index (χ2v) is 4.93. The molecule has 0 bridgehead atoms. The molecule has 5 heteroatoms. The van der Waals surface area contributed by atoms with E-state index in [1.807, 2.05) is 10.7 Å². The van der Waals surface area contributed by atoms with Crippen molar-refractivity contribution in [2.24, 2.45) is 5.92 Å². The third-order valence-corrected chi connectivity index (χ3v) is 3.54. The molecule has 0 saturated heterocycles. The Bertz CT molecular complexity index is 574. The summed E-state index contributed by atoms with van der Waals surface area (Å²) in [5.74, 6) is 1.31. The highest BCUT2D eigenvalue weighted by Gasteiger charge is 2.30. The lowest BCUT2D eigenvalue weighted by molar-refractivity contribution is 0.102. The number of rotatable bonds is 4. The summed E-state index contributed by atoms with van der Waals surface area (Å²) in [6.07, 6.45) is 7.44. The molecular formula is C14H16N4O. The van der Waals surface area contributed by atoms with Crippen LogP contribution in [0.25, 0.3) is 0 Å². The SMILES string of the molecule is CC(C1CC1)n1nccc1NC(=O)c1ccncc1. The summed E-state index contributed by atoms with van der Waals surface area (Å²) in [6, 6.07) is 5.56. The van der Waals surface area contributed by atoms with Gasteiger partial charge in [0.25, 0.3) is 5.91 Å². The van der Waals surface area contributed by atoms with Crippen molar-refractivity contribution in [1.82, 2.24) is 14.8 Å². The monoisotopic (exact) mass is 256 g/mol. The first-order chi connectivity index (χ1) is 9.25. The maximum Gasteiger partial charge on any atom is 0.256 e. The molecule has 19 heavy (non-hydrogen) atoms. The lowest BCUT2D eigenvalue weighted by Gasteiger charge is -2.15. The highest BCUT2D eigenvalue weighted by atomic mass is 16.1. The first-order valence-corrected chi connectivity index (χ1v) is 6.50. The summed E-state index contributed by atoms with van der Waals surface area (Å²) in [6.45, 7) is 2.15. The molecule has 2 aromatic rings. The number of carbonyl (C=O) groups is 1.